The van der Waals surface area contributed by atoms with Crippen molar-refractivity contribution in [3.05, 3.63) is 0 Å². The van der Waals surface area contributed by atoms with Crippen molar-refractivity contribution >= 4 is 23.4 Å². The largest absolute Gasteiger partial charge is 0.300 e. The maximum absolute atomic E-state index is 11.6. The van der Waals surface area contributed by atoms with Crippen LogP contribution in [0.15, 0.2) is 0 Å². The number of likely N-dealkylation sites (N-methyl/N-ethyl adjacent to an activating group) is 1. The summed E-state index contributed by atoms with van der Waals surface area (Å²) in [5.74, 6) is -1.55. The molecule has 0 aromatic rings. The third kappa shape index (κ3) is 5.55. The molecule has 4 fully saturated rings. The Morgan fingerprint density at radius 2 is 1.31 bits per heavy atom. The maximum atomic E-state index is 11.6. The summed E-state index contributed by atoms with van der Waals surface area (Å²) >= 11 is 0. The third-order valence-electron chi connectivity index (χ3n) is 8.00. The molecule has 3 aliphatic carbocycles. The van der Waals surface area contributed by atoms with Crippen LogP contribution in [-0.4, -0.2) is 58.3 Å². The smallest absolute Gasteiger partial charge is 0.261 e. The van der Waals surface area contributed by atoms with Gasteiger partial charge in [-0.2, -0.15) is 0 Å². The average molecular weight is 457 g/mol. The van der Waals surface area contributed by atoms with Crippen molar-refractivity contribution < 1.29 is 31.0 Å². The molecule has 1 aliphatic heterocycles. The van der Waals surface area contributed by atoms with Crippen LogP contribution in [0.25, 0.3) is 0 Å². The van der Waals surface area contributed by atoms with Gasteiger partial charge in [0.1, 0.15) is 17.6 Å². The normalized spacial score (nSPS) is 31.4. The Hall–Kier alpha value is -1.84. The lowest BCUT2D eigenvalue weighted by atomic mass is 9.70. The molecule has 2 spiro atoms. The van der Waals surface area contributed by atoms with Gasteiger partial charge in [-0.05, 0) is 83.1 Å². The van der Waals surface area contributed by atoms with Gasteiger partial charge >= 0.3 is 0 Å². The Morgan fingerprint density at radius 1 is 0.812 bits per heavy atom. The molecule has 3 saturated carbocycles. The second kappa shape index (κ2) is 9.97. The average Bonchev–Trinajstić information content (AvgIpc) is 3.66. The molecule has 4 unspecified atom stereocenters. The standard InChI is InChI=1S/C11H18N2O3.C11H17NO3.CH4.H2/c1-7(14)8-5-11(3-4-11)6-13(2)9(8)10(15)12-16;1-7(13)9-6-11(4-5-11)3-2-8(9)10(14)12-15;;/h8-9,16H,3-6H2,1-2H3,(H,12,15);8-9,15H,2-6H2,1H3,(H,12,14);1H4;1H/i;;;1+1. The molecule has 32 heavy (non-hydrogen) atoms. The Morgan fingerprint density at radius 3 is 1.75 bits per heavy atom. The Kier molecular flexibility index (Phi) is 8.23. The van der Waals surface area contributed by atoms with Crippen molar-refractivity contribution in [2.45, 2.75) is 78.7 Å². The highest BCUT2D eigenvalue weighted by atomic mass is 16.5. The summed E-state index contributed by atoms with van der Waals surface area (Å²) in [5.41, 5.74) is 3.97. The molecule has 4 rings (SSSR count). The van der Waals surface area contributed by atoms with Gasteiger partial charge in [0.15, 0.2) is 0 Å². The molecule has 2 amide bonds. The first kappa shape index (κ1) is 26.4. The monoisotopic (exact) mass is 456 g/mol. The molecule has 4 aliphatic rings. The molecule has 1 heterocycles. The summed E-state index contributed by atoms with van der Waals surface area (Å²) in [7, 11) is 1.84. The van der Waals surface area contributed by atoms with Crippen LogP contribution in [-0.2, 0) is 19.2 Å². The van der Waals surface area contributed by atoms with E-state index in [1.807, 2.05) is 11.9 Å². The number of nitrogens with zero attached hydrogens (tertiary/aromatic N) is 1. The number of carbonyl (C=O) groups is 4. The minimum absolute atomic E-state index is 0. The second-order valence-corrected chi connectivity index (χ2v) is 10.3. The number of Topliss-reactive ketones (excluding diaryl/α,β-unsaturated/α-hetero) is 2. The summed E-state index contributed by atoms with van der Waals surface area (Å²) < 4.78 is 0. The van der Waals surface area contributed by atoms with Crippen LogP contribution in [0, 0.1) is 28.6 Å². The molecule has 0 radical (unpaired) electrons. The number of carbonyl (C=O) groups excluding carboxylic acids is 4. The van der Waals surface area contributed by atoms with E-state index in [2.05, 4.69) is 0 Å². The van der Waals surface area contributed by atoms with E-state index in [9.17, 15) is 19.2 Å². The lowest BCUT2D eigenvalue weighted by Gasteiger charge is -2.41. The summed E-state index contributed by atoms with van der Waals surface area (Å²) in [4.78, 5) is 48.0. The van der Waals surface area contributed by atoms with Gasteiger partial charge in [-0.25, -0.2) is 11.0 Å². The number of ketones is 2. The predicted molar refractivity (Wildman–Crippen MR) is 119 cm³/mol. The van der Waals surface area contributed by atoms with Crippen LogP contribution < -0.4 is 11.0 Å². The van der Waals surface area contributed by atoms with Crippen molar-refractivity contribution in [1.82, 2.24) is 15.9 Å². The highest BCUT2D eigenvalue weighted by molar-refractivity contribution is 5.90. The van der Waals surface area contributed by atoms with Gasteiger partial charge in [0.2, 0.25) is 5.91 Å². The number of hydrogen-bond acceptors (Lipinski definition) is 7. The first-order valence-corrected chi connectivity index (χ1v) is 11.2. The van der Waals surface area contributed by atoms with Crippen LogP contribution in [0.3, 0.4) is 0 Å². The quantitative estimate of drug-likeness (QED) is 0.376. The minimum atomic E-state index is -0.520. The number of amides is 2. The molecule has 4 N–H and O–H groups in total. The zero-order chi connectivity index (χ0) is 23.0. The van der Waals surface area contributed by atoms with E-state index in [0.717, 1.165) is 45.1 Å². The van der Waals surface area contributed by atoms with Gasteiger partial charge in [0.25, 0.3) is 5.91 Å². The van der Waals surface area contributed by atoms with Gasteiger partial charge in [-0.3, -0.25) is 34.5 Å². The van der Waals surface area contributed by atoms with E-state index in [-0.39, 0.29) is 43.6 Å². The fraction of sp³-hybridized carbons (Fsp3) is 0.826. The fourth-order valence-corrected chi connectivity index (χ4v) is 5.76. The van der Waals surface area contributed by atoms with Crippen LogP contribution in [0.4, 0.5) is 0 Å². The van der Waals surface area contributed by atoms with E-state index in [1.54, 1.807) is 17.9 Å². The molecule has 9 heteroatoms. The molecular weight excluding hydrogens is 414 g/mol. The Balaban J connectivity index is 0.000000312. The molecular formula is C23H41N3O6. The van der Waals surface area contributed by atoms with Gasteiger partial charge in [-0.15, -0.1) is 0 Å². The SMILES string of the molecule is C.CC(=O)C1CC2(CC2)CN(C)C1C(=O)NO.CC(=O)C1CC2(CCC1C(=O)NO)CC2.[2HH]. The zero-order valence-electron chi connectivity index (χ0n) is 18.6. The first-order chi connectivity index (χ1) is 14.6. The molecule has 0 aromatic carbocycles. The highest BCUT2D eigenvalue weighted by Crippen LogP contribution is 2.59. The number of hydrogen-bond donors (Lipinski definition) is 4. The van der Waals surface area contributed by atoms with Gasteiger partial charge in [0.05, 0.1) is 0 Å². The van der Waals surface area contributed by atoms with Crippen LogP contribution in [0.2, 0.25) is 0 Å². The molecule has 0 bridgehead atoms. The van der Waals surface area contributed by atoms with Crippen molar-refractivity contribution in [2.24, 2.45) is 28.6 Å². The molecule has 0 aromatic heterocycles. The number of piperidine rings is 1. The summed E-state index contributed by atoms with van der Waals surface area (Å²) in [6, 6.07) is -0.520. The topological polar surface area (TPSA) is 136 Å². The van der Waals surface area contributed by atoms with E-state index in [4.69, 9.17) is 10.4 Å². The van der Waals surface area contributed by atoms with Gasteiger partial charge in [0, 0.05) is 25.7 Å². The van der Waals surface area contributed by atoms with E-state index in [0.29, 0.717) is 5.41 Å². The van der Waals surface area contributed by atoms with E-state index >= 15 is 0 Å². The van der Waals surface area contributed by atoms with Crippen LogP contribution in [0.5, 0.6) is 0 Å². The maximum Gasteiger partial charge on any atom is 0.261 e. The van der Waals surface area contributed by atoms with Crippen LogP contribution >= 0.6 is 0 Å². The predicted octanol–water partition coefficient (Wildman–Crippen LogP) is 2.34. The molecule has 1 saturated heterocycles. The minimum Gasteiger partial charge on any atom is -0.300 e. The Bertz CT molecular complexity index is 752. The number of likely N-dealkylation sites (tertiary alicyclic amines) is 1. The van der Waals surface area contributed by atoms with Gasteiger partial charge < -0.3 is 0 Å². The van der Waals surface area contributed by atoms with Crippen molar-refractivity contribution in [3.8, 4) is 0 Å². The number of nitrogens with one attached hydrogen (secondary N) is 2. The highest BCUT2D eigenvalue weighted by Gasteiger charge is 2.54. The van der Waals surface area contributed by atoms with Crippen molar-refractivity contribution in [1.29, 1.82) is 0 Å². The molecule has 184 valence electrons. The van der Waals surface area contributed by atoms with E-state index in [1.165, 1.54) is 19.8 Å². The van der Waals surface area contributed by atoms with Crippen molar-refractivity contribution in [3.63, 3.8) is 0 Å². The van der Waals surface area contributed by atoms with E-state index < -0.39 is 17.9 Å². The fourth-order valence-electron chi connectivity index (χ4n) is 5.76. The zero-order valence-corrected chi connectivity index (χ0v) is 18.6. The lowest BCUT2D eigenvalue weighted by Crippen LogP contribution is -2.56. The summed E-state index contributed by atoms with van der Waals surface area (Å²) in [6.45, 7) is 3.91. The number of rotatable bonds is 4. The van der Waals surface area contributed by atoms with Crippen molar-refractivity contribution in [2.75, 3.05) is 13.6 Å². The summed E-state index contributed by atoms with van der Waals surface area (Å²) in [6.07, 6.45) is 8.06. The molecule has 4 atom stereocenters. The molecule has 9 nitrogen and oxygen atoms in total. The van der Waals surface area contributed by atoms with Crippen LogP contribution in [0.1, 0.15) is 74.1 Å². The van der Waals surface area contributed by atoms with Gasteiger partial charge in [-0.1, -0.05) is 7.43 Å². The first-order valence-electron chi connectivity index (χ1n) is 11.2. The second-order valence-electron chi connectivity index (χ2n) is 10.3. The number of hydroxylamine groups is 2. The summed E-state index contributed by atoms with van der Waals surface area (Å²) in [5, 5.41) is 17.3. The Labute approximate surface area is 191 Å². The third-order valence-corrected chi connectivity index (χ3v) is 8.00. The lowest BCUT2D eigenvalue weighted by molar-refractivity contribution is -0.143.